The van der Waals surface area contributed by atoms with Crippen molar-refractivity contribution in [3.05, 3.63) is 51.1 Å². The molecule has 0 atom stereocenters. The zero-order chi connectivity index (χ0) is 18.7. The number of fused-ring (bicyclic) bond motifs is 2. The van der Waals surface area contributed by atoms with Gasteiger partial charge in [-0.15, -0.1) is 15.0 Å². The molecule has 132 valence electrons. The van der Waals surface area contributed by atoms with Crippen molar-refractivity contribution < 1.29 is 5.11 Å². The fraction of sp³-hybridized carbons (Fsp3) is 0.263. The Labute approximate surface area is 149 Å². The molecule has 0 aliphatic heterocycles. The lowest BCUT2D eigenvalue weighted by Gasteiger charge is -2.15. The molecule has 26 heavy (non-hydrogen) atoms. The van der Waals surface area contributed by atoms with Crippen LogP contribution in [0.25, 0.3) is 27.6 Å². The standard InChI is InChI=1S/C19H19N5O2/c1-9-10(2)12(4)18(25)17(11(9)3)24-21-15-6-13-14(7-16(15)22-24)20-8-23(5)19(13)26/h6-8,25H,1-5H3. The maximum atomic E-state index is 12.3. The summed E-state index contributed by atoms with van der Waals surface area (Å²) < 4.78 is 1.43. The Bertz CT molecular complexity index is 1240. The monoisotopic (exact) mass is 349 g/mol. The van der Waals surface area contributed by atoms with Crippen molar-refractivity contribution >= 4 is 21.9 Å². The number of benzene rings is 2. The van der Waals surface area contributed by atoms with E-state index in [0.717, 1.165) is 22.3 Å². The van der Waals surface area contributed by atoms with E-state index in [-0.39, 0.29) is 11.3 Å². The molecule has 4 aromatic rings. The molecule has 4 rings (SSSR count). The third-order valence-electron chi connectivity index (χ3n) is 5.24. The van der Waals surface area contributed by atoms with Crippen molar-refractivity contribution in [1.29, 1.82) is 0 Å². The van der Waals surface area contributed by atoms with Crippen LogP contribution in [0.4, 0.5) is 0 Å². The quantitative estimate of drug-likeness (QED) is 0.571. The van der Waals surface area contributed by atoms with Crippen molar-refractivity contribution in [3.8, 4) is 11.4 Å². The van der Waals surface area contributed by atoms with Gasteiger partial charge < -0.3 is 9.67 Å². The second-order valence-corrected chi connectivity index (χ2v) is 6.71. The molecule has 2 aromatic carbocycles. The van der Waals surface area contributed by atoms with Crippen LogP contribution in [0.5, 0.6) is 5.75 Å². The van der Waals surface area contributed by atoms with Crippen molar-refractivity contribution in [1.82, 2.24) is 24.5 Å². The summed E-state index contributed by atoms with van der Waals surface area (Å²) in [5.74, 6) is 0.171. The van der Waals surface area contributed by atoms with E-state index in [9.17, 15) is 9.90 Å². The largest absolute Gasteiger partial charge is 0.505 e. The highest BCUT2D eigenvalue weighted by atomic mass is 16.3. The number of hydrogen-bond acceptors (Lipinski definition) is 5. The van der Waals surface area contributed by atoms with Crippen LogP contribution in [0.15, 0.2) is 23.3 Å². The van der Waals surface area contributed by atoms with Gasteiger partial charge in [-0.05, 0) is 62.1 Å². The second-order valence-electron chi connectivity index (χ2n) is 6.71. The highest BCUT2D eigenvalue weighted by molar-refractivity contribution is 5.92. The normalized spacial score (nSPS) is 11.6. The predicted molar refractivity (Wildman–Crippen MR) is 100 cm³/mol. The highest BCUT2D eigenvalue weighted by Gasteiger charge is 2.19. The average Bonchev–Trinajstić information content (AvgIpc) is 3.02. The molecule has 0 aliphatic carbocycles. The van der Waals surface area contributed by atoms with Crippen LogP contribution in [0, 0.1) is 27.7 Å². The Morgan fingerprint density at radius 1 is 0.885 bits per heavy atom. The molecule has 0 radical (unpaired) electrons. The van der Waals surface area contributed by atoms with Gasteiger partial charge in [-0.2, -0.15) is 0 Å². The Kier molecular flexibility index (Phi) is 3.37. The second kappa shape index (κ2) is 5.39. The van der Waals surface area contributed by atoms with E-state index in [1.165, 1.54) is 15.7 Å². The summed E-state index contributed by atoms with van der Waals surface area (Å²) in [6.07, 6.45) is 1.49. The van der Waals surface area contributed by atoms with Gasteiger partial charge in [0.1, 0.15) is 22.5 Å². The molecule has 2 heterocycles. The van der Waals surface area contributed by atoms with Crippen molar-refractivity contribution in [3.63, 3.8) is 0 Å². The van der Waals surface area contributed by atoms with Crippen LogP contribution in [-0.4, -0.2) is 29.7 Å². The molecule has 7 heteroatoms. The van der Waals surface area contributed by atoms with E-state index in [1.54, 1.807) is 19.2 Å². The fourth-order valence-electron chi connectivity index (χ4n) is 3.24. The Hall–Kier alpha value is -3.22. The number of aryl methyl sites for hydroxylation is 1. The number of aromatic nitrogens is 5. The molecule has 0 saturated carbocycles. The minimum Gasteiger partial charge on any atom is -0.505 e. The Morgan fingerprint density at radius 2 is 1.50 bits per heavy atom. The molecule has 0 fully saturated rings. The Morgan fingerprint density at radius 3 is 2.19 bits per heavy atom. The summed E-state index contributed by atoms with van der Waals surface area (Å²) in [5, 5.41) is 20.2. The lowest BCUT2D eigenvalue weighted by Crippen LogP contribution is -2.16. The van der Waals surface area contributed by atoms with Crippen LogP contribution in [-0.2, 0) is 7.05 Å². The predicted octanol–water partition coefficient (Wildman–Crippen LogP) is 2.61. The summed E-state index contributed by atoms with van der Waals surface area (Å²) in [4.78, 5) is 18.0. The van der Waals surface area contributed by atoms with Gasteiger partial charge in [0.2, 0.25) is 0 Å². The van der Waals surface area contributed by atoms with E-state index in [4.69, 9.17) is 0 Å². The van der Waals surface area contributed by atoms with E-state index >= 15 is 0 Å². The van der Waals surface area contributed by atoms with Crippen LogP contribution < -0.4 is 5.56 Å². The maximum absolute atomic E-state index is 12.3. The maximum Gasteiger partial charge on any atom is 0.260 e. The molecule has 7 nitrogen and oxygen atoms in total. The number of phenolic OH excluding ortho intramolecular Hbond substituents is 1. The summed E-state index contributed by atoms with van der Waals surface area (Å²) in [7, 11) is 1.66. The minimum absolute atomic E-state index is 0.132. The van der Waals surface area contributed by atoms with Gasteiger partial charge in [0.05, 0.1) is 17.2 Å². The Balaban J connectivity index is 2.04. The average molecular weight is 349 g/mol. The minimum atomic E-state index is -0.132. The van der Waals surface area contributed by atoms with Crippen LogP contribution in [0.2, 0.25) is 0 Å². The molecule has 2 aromatic heterocycles. The first-order chi connectivity index (χ1) is 12.3. The molecule has 0 spiro atoms. The molecule has 0 unspecified atom stereocenters. The van der Waals surface area contributed by atoms with E-state index in [0.29, 0.717) is 27.6 Å². The molecule has 0 amide bonds. The first-order valence-electron chi connectivity index (χ1n) is 8.31. The first kappa shape index (κ1) is 16.3. The SMILES string of the molecule is Cc1c(C)c(C)c(-n2nc3cc4ncn(C)c(=O)c4cc3n2)c(O)c1C. The van der Waals surface area contributed by atoms with Gasteiger partial charge in [0.15, 0.2) is 0 Å². The zero-order valence-electron chi connectivity index (χ0n) is 15.3. The van der Waals surface area contributed by atoms with Gasteiger partial charge in [-0.1, -0.05) is 0 Å². The summed E-state index contributed by atoms with van der Waals surface area (Å²) in [6, 6.07) is 3.44. The van der Waals surface area contributed by atoms with Crippen molar-refractivity contribution in [2.75, 3.05) is 0 Å². The third kappa shape index (κ3) is 2.13. The number of rotatable bonds is 1. The van der Waals surface area contributed by atoms with E-state index < -0.39 is 0 Å². The number of hydrogen-bond donors (Lipinski definition) is 1. The van der Waals surface area contributed by atoms with Gasteiger partial charge in [0.25, 0.3) is 5.56 Å². The van der Waals surface area contributed by atoms with E-state index in [2.05, 4.69) is 15.2 Å². The molecule has 1 N–H and O–H groups in total. The van der Waals surface area contributed by atoms with Gasteiger partial charge in [-0.3, -0.25) is 4.79 Å². The summed E-state index contributed by atoms with van der Waals surface area (Å²) in [6.45, 7) is 7.83. The van der Waals surface area contributed by atoms with Gasteiger partial charge >= 0.3 is 0 Å². The third-order valence-corrected chi connectivity index (χ3v) is 5.24. The molecule has 0 aliphatic rings. The molecule has 0 saturated heterocycles. The smallest absolute Gasteiger partial charge is 0.260 e. The zero-order valence-corrected chi connectivity index (χ0v) is 15.3. The fourth-order valence-corrected chi connectivity index (χ4v) is 3.24. The number of nitrogens with zero attached hydrogens (tertiary/aromatic N) is 5. The first-order valence-corrected chi connectivity index (χ1v) is 8.31. The van der Waals surface area contributed by atoms with Crippen molar-refractivity contribution in [2.45, 2.75) is 27.7 Å². The van der Waals surface area contributed by atoms with E-state index in [1.807, 2.05) is 27.7 Å². The van der Waals surface area contributed by atoms with Gasteiger partial charge in [-0.25, -0.2) is 4.98 Å². The lowest BCUT2D eigenvalue weighted by molar-refractivity contribution is 0.462. The van der Waals surface area contributed by atoms with Crippen LogP contribution >= 0.6 is 0 Å². The van der Waals surface area contributed by atoms with Gasteiger partial charge in [0, 0.05) is 7.05 Å². The highest BCUT2D eigenvalue weighted by Crippen LogP contribution is 2.34. The van der Waals surface area contributed by atoms with Crippen molar-refractivity contribution in [2.24, 2.45) is 7.05 Å². The molecular weight excluding hydrogens is 330 g/mol. The van der Waals surface area contributed by atoms with Crippen LogP contribution in [0.1, 0.15) is 22.3 Å². The molecule has 0 bridgehead atoms. The topological polar surface area (TPSA) is 85.8 Å². The molecular formula is C19H19N5O2. The van der Waals surface area contributed by atoms with Crippen LogP contribution in [0.3, 0.4) is 0 Å². The number of aromatic hydroxyl groups is 1. The summed E-state index contributed by atoms with van der Waals surface area (Å²) >= 11 is 0. The lowest BCUT2D eigenvalue weighted by atomic mass is 9.97. The number of phenols is 1. The summed E-state index contributed by atoms with van der Waals surface area (Å²) in [5.41, 5.74) is 6.08.